The highest BCUT2D eigenvalue weighted by atomic mass is 32.2. The fourth-order valence-corrected chi connectivity index (χ4v) is 0.954. The van der Waals surface area contributed by atoms with Crippen LogP contribution in [0, 0.1) is 5.92 Å². The SMILES string of the molecule is C[C@@H]1CSC1=O. The third kappa shape index (κ3) is 0.451. The van der Waals surface area contributed by atoms with Crippen LogP contribution in [0.5, 0.6) is 0 Å². The van der Waals surface area contributed by atoms with Gasteiger partial charge in [-0.25, -0.2) is 0 Å². The van der Waals surface area contributed by atoms with Gasteiger partial charge in [0.15, 0.2) is 5.12 Å². The molecule has 1 nitrogen and oxygen atoms in total. The van der Waals surface area contributed by atoms with Gasteiger partial charge in [-0.2, -0.15) is 0 Å². The molecule has 1 heterocycles. The summed E-state index contributed by atoms with van der Waals surface area (Å²) in [6, 6.07) is 0. The molecule has 0 aromatic rings. The fourth-order valence-electron chi connectivity index (χ4n) is 0.318. The van der Waals surface area contributed by atoms with E-state index in [1.807, 2.05) is 6.92 Å². The molecule has 34 valence electrons. The van der Waals surface area contributed by atoms with E-state index < -0.39 is 0 Å². The predicted molar refractivity (Wildman–Crippen MR) is 26.6 cm³/mol. The molecule has 2 heteroatoms. The summed E-state index contributed by atoms with van der Waals surface area (Å²) < 4.78 is 0. The molecule has 1 saturated heterocycles. The van der Waals surface area contributed by atoms with Crippen LogP contribution < -0.4 is 0 Å². The normalized spacial score (nSPS) is 32.8. The minimum Gasteiger partial charge on any atom is -0.287 e. The van der Waals surface area contributed by atoms with Crippen LogP contribution in [0.3, 0.4) is 0 Å². The first-order valence-electron chi connectivity index (χ1n) is 1.97. The van der Waals surface area contributed by atoms with E-state index in [1.54, 1.807) is 0 Å². The van der Waals surface area contributed by atoms with Crippen molar-refractivity contribution in [2.75, 3.05) is 5.75 Å². The Morgan fingerprint density at radius 3 is 2.50 bits per heavy atom. The second-order valence-corrected chi connectivity index (χ2v) is 2.56. The van der Waals surface area contributed by atoms with Crippen LogP contribution in [0.15, 0.2) is 0 Å². The van der Waals surface area contributed by atoms with Crippen LogP contribution in [0.2, 0.25) is 0 Å². The third-order valence-electron chi connectivity index (χ3n) is 0.878. The zero-order valence-electron chi connectivity index (χ0n) is 3.60. The maximum absolute atomic E-state index is 10.2. The van der Waals surface area contributed by atoms with Gasteiger partial charge in [0, 0.05) is 11.7 Å². The standard InChI is InChI=1S/C4H6OS/c1-3-2-6-4(3)5/h3H,2H2,1H3/t3-/m1/s1. The Morgan fingerprint density at radius 1 is 2.00 bits per heavy atom. The quantitative estimate of drug-likeness (QED) is 0.452. The van der Waals surface area contributed by atoms with Crippen molar-refractivity contribution in [1.29, 1.82) is 0 Å². The van der Waals surface area contributed by atoms with Crippen LogP contribution >= 0.6 is 11.8 Å². The van der Waals surface area contributed by atoms with Crippen molar-refractivity contribution in [3.8, 4) is 0 Å². The van der Waals surface area contributed by atoms with Crippen molar-refractivity contribution >= 4 is 16.9 Å². The molecular weight excluding hydrogens is 96.1 g/mol. The molecular formula is C4H6OS. The molecule has 0 unspecified atom stereocenters. The van der Waals surface area contributed by atoms with E-state index >= 15 is 0 Å². The predicted octanol–water partition coefficient (Wildman–Crippen LogP) is 0.896. The van der Waals surface area contributed by atoms with Gasteiger partial charge in [-0.05, 0) is 0 Å². The second-order valence-electron chi connectivity index (χ2n) is 1.53. The minimum atomic E-state index is 0.356. The molecule has 0 spiro atoms. The Hall–Kier alpha value is 0.0200. The van der Waals surface area contributed by atoms with Crippen LogP contribution in [-0.4, -0.2) is 10.9 Å². The maximum Gasteiger partial charge on any atom is 0.192 e. The highest BCUT2D eigenvalue weighted by Gasteiger charge is 2.23. The molecule has 0 N–H and O–H groups in total. The molecule has 0 aromatic heterocycles. The molecule has 1 fully saturated rings. The zero-order valence-corrected chi connectivity index (χ0v) is 4.42. The average Bonchev–Trinajstić information content (AvgIpc) is 1.61. The second kappa shape index (κ2) is 1.26. The van der Waals surface area contributed by atoms with E-state index in [9.17, 15) is 4.79 Å². The molecule has 0 bridgehead atoms. The lowest BCUT2D eigenvalue weighted by Crippen LogP contribution is -2.20. The number of rotatable bonds is 0. The largest absolute Gasteiger partial charge is 0.287 e. The smallest absolute Gasteiger partial charge is 0.192 e. The van der Waals surface area contributed by atoms with Gasteiger partial charge in [0.05, 0.1) is 0 Å². The highest BCUT2D eigenvalue weighted by molar-refractivity contribution is 8.15. The molecule has 6 heavy (non-hydrogen) atoms. The van der Waals surface area contributed by atoms with Crippen molar-refractivity contribution < 1.29 is 4.79 Å². The average molecular weight is 102 g/mol. The lowest BCUT2D eigenvalue weighted by atomic mass is 10.2. The fraction of sp³-hybridized carbons (Fsp3) is 0.750. The lowest BCUT2D eigenvalue weighted by Gasteiger charge is -2.16. The Labute approximate surface area is 41.1 Å². The summed E-state index contributed by atoms with van der Waals surface area (Å²) in [5, 5.41) is 0.356. The van der Waals surface area contributed by atoms with Crippen molar-refractivity contribution in [2.45, 2.75) is 6.92 Å². The van der Waals surface area contributed by atoms with E-state index in [0.717, 1.165) is 5.75 Å². The van der Waals surface area contributed by atoms with Crippen LogP contribution in [-0.2, 0) is 4.79 Å². The van der Waals surface area contributed by atoms with Crippen molar-refractivity contribution in [3.05, 3.63) is 0 Å². The first-order valence-corrected chi connectivity index (χ1v) is 2.96. The van der Waals surface area contributed by atoms with E-state index in [4.69, 9.17) is 0 Å². The maximum atomic E-state index is 10.2. The lowest BCUT2D eigenvalue weighted by molar-refractivity contribution is -0.114. The molecule has 0 aliphatic carbocycles. The van der Waals surface area contributed by atoms with Gasteiger partial charge in [-0.1, -0.05) is 18.7 Å². The number of hydrogen-bond acceptors (Lipinski definition) is 2. The van der Waals surface area contributed by atoms with E-state index in [2.05, 4.69) is 0 Å². The summed E-state index contributed by atoms with van der Waals surface area (Å²) in [6.45, 7) is 1.96. The molecule has 1 rings (SSSR count). The Morgan fingerprint density at radius 2 is 2.50 bits per heavy atom. The third-order valence-corrected chi connectivity index (χ3v) is 2.23. The van der Waals surface area contributed by atoms with E-state index in [-0.39, 0.29) is 0 Å². The molecule has 0 radical (unpaired) electrons. The first-order chi connectivity index (χ1) is 2.80. The first kappa shape index (κ1) is 4.19. The van der Waals surface area contributed by atoms with Crippen molar-refractivity contribution in [2.24, 2.45) is 5.92 Å². The highest BCUT2D eigenvalue weighted by Crippen LogP contribution is 2.25. The van der Waals surface area contributed by atoms with Crippen LogP contribution in [0.25, 0.3) is 0 Å². The van der Waals surface area contributed by atoms with Crippen molar-refractivity contribution in [3.63, 3.8) is 0 Å². The summed E-state index contributed by atoms with van der Waals surface area (Å²) in [7, 11) is 0. The van der Waals surface area contributed by atoms with Crippen molar-refractivity contribution in [1.82, 2.24) is 0 Å². The topological polar surface area (TPSA) is 17.1 Å². The molecule has 1 aliphatic rings. The number of hydrogen-bond donors (Lipinski definition) is 0. The molecule has 0 amide bonds. The van der Waals surface area contributed by atoms with Crippen LogP contribution in [0.4, 0.5) is 0 Å². The van der Waals surface area contributed by atoms with Gasteiger partial charge in [-0.15, -0.1) is 0 Å². The summed E-state index contributed by atoms with van der Waals surface area (Å²) >= 11 is 1.43. The summed E-state index contributed by atoms with van der Waals surface area (Å²) in [5.41, 5.74) is 0. The Bertz CT molecular complexity index is 79.6. The van der Waals surface area contributed by atoms with Gasteiger partial charge >= 0.3 is 0 Å². The number of carbonyl (C=O) groups excluding carboxylic acids is 1. The summed E-state index contributed by atoms with van der Waals surface area (Å²) in [5.74, 6) is 1.40. The number of thioether (sulfide) groups is 1. The van der Waals surface area contributed by atoms with E-state index in [0.29, 0.717) is 11.0 Å². The van der Waals surface area contributed by atoms with Gasteiger partial charge in [0.1, 0.15) is 0 Å². The zero-order chi connectivity index (χ0) is 4.57. The van der Waals surface area contributed by atoms with E-state index in [1.165, 1.54) is 11.8 Å². The van der Waals surface area contributed by atoms with Crippen LogP contribution in [0.1, 0.15) is 6.92 Å². The number of carbonyl (C=O) groups is 1. The minimum absolute atomic E-state index is 0.356. The molecule has 0 saturated carbocycles. The summed E-state index contributed by atoms with van der Waals surface area (Å²) in [6.07, 6.45) is 0. The van der Waals surface area contributed by atoms with Gasteiger partial charge in [0.2, 0.25) is 0 Å². The van der Waals surface area contributed by atoms with Gasteiger partial charge in [-0.3, -0.25) is 4.79 Å². The molecule has 1 atom stereocenters. The monoisotopic (exact) mass is 102 g/mol. The summed E-state index contributed by atoms with van der Waals surface area (Å²) in [4.78, 5) is 10.2. The van der Waals surface area contributed by atoms with Gasteiger partial charge < -0.3 is 0 Å². The Kier molecular flexibility index (Phi) is 0.880. The molecule has 1 aliphatic heterocycles. The molecule has 0 aromatic carbocycles. The Balaban J connectivity index is 2.39. The van der Waals surface area contributed by atoms with Gasteiger partial charge in [0.25, 0.3) is 0 Å².